The summed E-state index contributed by atoms with van der Waals surface area (Å²) in [6, 6.07) is 25.2. The summed E-state index contributed by atoms with van der Waals surface area (Å²) in [5.74, 6) is -0.848. The lowest BCUT2D eigenvalue weighted by Gasteiger charge is -2.32. The molecule has 0 saturated carbocycles. The number of aromatic hydroxyl groups is 1. The van der Waals surface area contributed by atoms with Gasteiger partial charge in [0.25, 0.3) is 0 Å². The van der Waals surface area contributed by atoms with Crippen LogP contribution in [0.5, 0.6) is 5.75 Å². The van der Waals surface area contributed by atoms with Gasteiger partial charge in [-0.2, -0.15) is 0 Å². The van der Waals surface area contributed by atoms with Gasteiger partial charge in [-0.1, -0.05) is 66.7 Å². The molecule has 0 aromatic heterocycles. The topological polar surface area (TPSA) is 67.8 Å². The normalized spacial score (nSPS) is 13.2. The minimum Gasteiger partial charge on any atom is -0.507 e. The van der Waals surface area contributed by atoms with E-state index >= 15 is 0 Å². The lowest BCUT2D eigenvalue weighted by atomic mass is 10.0. The van der Waals surface area contributed by atoms with Crippen LogP contribution in [0.3, 0.4) is 0 Å². The lowest BCUT2D eigenvalue weighted by molar-refractivity contribution is 0.138. The molecule has 33 heavy (non-hydrogen) atoms. The molecule has 0 aliphatic heterocycles. The van der Waals surface area contributed by atoms with Crippen LogP contribution in [0.1, 0.15) is 39.0 Å². The molecule has 0 aliphatic rings. The lowest BCUT2D eigenvalue weighted by Crippen LogP contribution is -2.19. The van der Waals surface area contributed by atoms with Gasteiger partial charge >= 0.3 is 7.60 Å². The number of anilines is 1. The Labute approximate surface area is 194 Å². The molecule has 4 aromatic rings. The third kappa shape index (κ3) is 5.06. The van der Waals surface area contributed by atoms with Gasteiger partial charge in [0, 0.05) is 16.6 Å². The number of benzene rings is 4. The van der Waals surface area contributed by atoms with Crippen LogP contribution in [-0.4, -0.2) is 17.3 Å². The van der Waals surface area contributed by atoms with E-state index in [0.29, 0.717) is 10.9 Å². The van der Waals surface area contributed by atoms with E-state index in [9.17, 15) is 9.67 Å². The molecule has 4 aromatic carbocycles. The highest BCUT2D eigenvalue weighted by Crippen LogP contribution is 2.63. The van der Waals surface area contributed by atoms with E-state index in [0.717, 1.165) is 21.8 Å². The summed E-state index contributed by atoms with van der Waals surface area (Å²) >= 11 is 0. The first-order valence-electron chi connectivity index (χ1n) is 11.2. The van der Waals surface area contributed by atoms with Crippen molar-refractivity contribution in [1.29, 1.82) is 0 Å². The van der Waals surface area contributed by atoms with Gasteiger partial charge in [-0.3, -0.25) is 4.57 Å². The fourth-order valence-electron chi connectivity index (χ4n) is 3.99. The average molecular weight is 464 g/mol. The second-order valence-corrected chi connectivity index (χ2v) is 10.7. The smallest absolute Gasteiger partial charge is 0.357 e. The summed E-state index contributed by atoms with van der Waals surface area (Å²) in [4.78, 5) is 0. The van der Waals surface area contributed by atoms with Crippen LogP contribution in [0, 0.1) is 0 Å². The summed E-state index contributed by atoms with van der Waals surface area (Å²) in [6.07, 6.45) is -0.670. The van der Waals surface area contributed by atoms with Crippen molar-refractivity contribution < 1.29 is 18.7 Å². The quantitative estimate of drug-likeness (QED) is 0.260. The van der Waals surface area contributed by atoms with E-state index in [1.165, 1.54) is 0 Å². The second-order valence-electron chi connectivity index (χ2n) is 8.68. The van der Waals surface area contributed by atoms with Crippen LogP contribution in [0.2, 0.25) is 0 Å². The van der Waals surface area contributed by atoms with Gasteiger partial charge < -0.3 is 19.5 Å². The van der Waals surface area contributed by atoms with Crippen molar-refractivity contribution in [3.63, 3.8) is 0 Å². The number of nitrogens with one attached hydrogen (secondary N) is 1. The van der Waals surface area contributed by atoms with Crippen molar-refractivity contribution in [2.24, 2.45) is 0 Å². The zero-order valence-electron chi connectivity index (χ0n) is 19.4. The fourth-order valence-corrected chi connectivity index (χ4v) is 6.32. The predicted molar refractivity (Wildman–Crippen MR) is 136 cm³/mol. The summed E-state index contributed by atoms with van der Waals surface area (Å²) < 4.78 is 26.2. The first kappa shape index (κ1) is 23.3. The Hall–Kier alpha value is -2.85. The Kier molecular flexibility index (Phi) is 6.76. The maximum atomic E-state index is 14.3. The molecule has 0 aliphatic carbocycles. The molecule has 4 rings (SSSR count). The Balaban J connectivity index is 1.87. The van der Waals surface area contributed by atoms with Gasteiger partial charge in [0.2, 0.25) is 0 Å². The molecule has 5 nitrogen and oxygen atoms in total. The Bertz CT molecular complexity index is 1300. The van der Waals surface area contributed by atoms with Crippen molar-refractivity contribution >= 4 is 34.8 Å². The minimum absolute atomic E-state index is 0.0614. The third-order valence-corrected chi connectivity index (χ3v) is 7.78. The number of phenols is 1. The highest BCUT2D eigenvalue weighted by Gasteiger charge is 2.41. The summed E-state index contributed by atoms with van der Waals surface area (Å²) in [5.41, 5.74) is 1.22. The van der Waals surface area contributed by atoms with Crippen LogP contribution in [0.4, 0.5) is 5.69 Å². The molecule has 172 valence electrons. The van der Waals surface area contributed by atoms with Crippen molar-refractivity contribution in [2.45, 2.75) is 45.7 Å². The standard InChI is InChI=1S/C27H30NO4P/c1-18(2)31-33(30,32-19(3)4)27(25-16-14-21-10-7-8-12-24(21)26(25)29)28-23-15-13-20-9-5-6-11-22(20)17-23/h5-19,27-29H,1-4H3/t27-/m1/s1. The molecular formula is C27H30NO4P. The molecule has 0 fully saturated rings. The molecule has 1 atom stereocenters. The maximum Gasteiger partial charge on any atom is 0.357 e. The molecule has 0 radical (unpaired) electrons. The number of hydrogen-bond acceptors (Lipinski definition) is 5. The number of rotatable bonds is 8. The third-order valence-electron chi connectivity index (χ3n) is 5.31. The number of hydrogen-bond donors (Lipinski definition) is 2. The molecule has 0 unspecified atom stereocenters. The fraction of sp³-hybridized carbons (Fsp3) is 0.259. The monoisotopic (exact) mass is 463 g/mol. The second kappa shape index (κ2) is 9.56. The van der Waals surface area contributed by atoms with Crippen LogP contribution < -0.4 is 5.32 Å². The van der Waals surface area contributed by atoms with Crippen LogP contribution in [-0.2, 0) is 13.6 Å². The van der Waals surface area contributed by atoms with Gasteiger partial charge in [-0.05, 0) is 56.0 Å². The molecular weight excluding hydrogens is 433 g/mol. The molecule has 0 saturated heterocycles. The van der Waals surface area contributed by atoms with Gasteiger partial charge in [0.15, 0.2) is 5.78 Å². The highest BCUT2D eigenvalue weighted by atomic mass is 31.2. The van der Waals surface area contributed by atoms with E-state index < -0.39 is 13.4 Å². The molecule has 0 bridgehead atoms. The first-order chi connectivity index (χ1) is 15.8. The molecule has 0 spiro atoms. The first-order valence-corrected chi connectivity index (χ1v) is 12.8. The zero-order chi connectivity index (χ0) is 23.6. The number of fused-ring (bicyclic) bond motifs is 2. The molecule has 0 amide bonds. The van der Waals surface area contributed by atoms with Crippen LogP contribution in [0.15, 0.2) is 78.9 Å². The molecule has 2 N–H and O–H groups in total. The maximum absolute atomic E-state index is 14.3. The summed E-state index contributed by atoms with van der Waals surface area (Å²) in [7, 11) is -3.77. The molecule has 0 heterocycles. The van der Waals surface area contributed by atoms with Gasteiger partial charge in [-0.15, -0.1) is 0 Å². The zero-order valence-corrected chi connectivity index (χ0v) is 20.3. The highest BCUT2D eigenvalue weighted by molar-refractivity contribution is 7.54. The van der Waals surface area contributed by atoms with Crippen molar-refractivity contribution in [1.82, 2.24) is 0 Å². The van der Waals surface area contributed by atoms with E-state index in [2.05, 4.69) is 5.32 Å². The molecule has 6 heteroatoms. The van der Waals surface area contributed by atoms with E-state index in [1.807, 2.05) is 100 Å². The van der Waals surface area contributed by atoms with Gasteiger partial charge in [-0.25, -0.2) is 0 Å². The van der Waals surface area contributed by atoms with Crippen molar-refractivity contribution in [3.8, 4) is 5.75 Å². The van der Waals surface area contributed by atoms with Crippen LogP contribution in [0.25, 0.3) is 21.5 Å². The van der Waals surface area contributed by atoms with E-state index in [-0.39, 0.29) is 18.0 Å². The Morgan fingerprint density at radius 1 is 0.758 bits per heavy atom. The van der Waals surface area contributed by atoms with Crippen molar-refractivity contribution in [3.05, 3.63) is 84.4 Å². The average Bonchev–Trinajstić information content (AvgIpc) is 2.77. The van der Waals surface area contributed by atoms with Gasteiger partial charge in [0.1, 0.15) is 5.75 Å². The minimum atomic E-state index is -3.77. The van der Waals surface area contributed by atoms with Crippen LogP contribution >= 0.6 is 7.60 Å². The predicted octanol–water partition coefficient (Wildman–Crippen LogP) is 7.85. The van der Waals surface area contributed by atoms with E-state index in [4.69, 9.17) is 9.05 Å². The Morgan fingerprint density at radius 2 is 1.33 bits per heavy atom. The summed E-state index contributed by atoms with van der Waals surface area (Å²) in [5, 5.41) is 18.3. The SMILES string of the molecule is CC(C)OP(=O)(OC(C)C)[C@@H](Nc1ccc2ccccc2c1)c1ccc2ccccc2c1O. The largest absolute Gasteiger partial charge is 0.507 e. The van der Waals surface area contributed by atoms with E-state index in [1.54, 1.807) is 6.07 Å². The summed E-state index contributed by atoms with van der Waals surface area (Å²) in [6.45, 7) is 7.29. The Morgan fingerprint density at radius 3 is 2.00 bits per heavy atom. The number of phenolic OH excluding ortho intramolecular Hbond substituents is 1. The van der Waals surface area contributed by atoms with Gasteiger partial charge in [0.05, 0.1) is 12.2 Å². The van der Waals surface area contributed by atoms with Crippen molar-refractivity contribution in [2.75, 3.05) is 5.32 Å².